The van der Waals surface area contributed by atoms with Gasteiger partial charge in [-0.05, 0) is 31.4 Å². The number of carbonyl (C=O) groups excluding carboxylic acids is 2. The zero-order valence-electron chi connectivity index (χ0n) is 15.3. The molecule has 2 atom stereocenters. The van der Waals surface area contributed by atoms with Gasteiger partial charge in [-0.25, -0.2) is 8.42 Å². The minimum Gasteiger partial charge on any atom is -0.331 e. The third-order valence-corrected chi connectivity index (χ3v) is 6.97. The number of nitrogens with zero attached hydrogens (tertiary/aromatic N) is 1. The fraction of sp³-hybridized carbons (Fsp3) is 0.556. The van der Waals surface area contributed by atoms with Gasteiger partial charge in [0.2, 0.25) is 0 Å². The molecule has 27 heavy (non-hydrogen) atoms. The van der Waals surface area contributed by atoms with E-state index < -0.39 is 9.84 Å². The summed E-state index contributed by atoms with van der Waals surface area (Å²) in [5.41, 5.74) is 0.541. The Morgan fingerprint density at radius 3 is 2.48 bits per heavy atom. The summed E-state index contributed by atoms with van der Waals surface area (Å²) >= 11 is 6.04. The second-order valence-corrected chi connectivity index (χ2v) is 10.1. The van der Waals surface area contributed by atoms with E-state index in [1.54, 1.807) is 36.2 Å². The molecule has 1 saturated carbocycles. The van der Waals surface area contributed by atoms with Crippen molar-refractivity contribution in [3.63, 3.8) is 0 Å². The summed E-state index contributed by atoms with van der Waals surface area (Å²) < 4.78 is 23.5. The first kappa shape index (κ1) is 20.1. The largest absolute Gasteiger partial charge is 0.331 e. The van der Waals surface area contributed by atoms with Crippen LogP contribution in [0, 0.1) is 0 Å². The number of sulfone groups is 1. The van der Waals surface area contributed by atoms with Crippen molar-refractivity contribution >= 4 is 38.9 Å². The van der Waals surface area contributed by atoms with Crippen LogP contribution in [0.1, 0.15) is 19.3 Å². The average molecular weight is 415 g/mol. The van der Waals surface area contributed by atoms with Gasteiger partial charge in [0, 0.05) is 12.1 Å². The predicted molar refractivity (Wildman–Crippen MR) is 104 cm³/mol. The number of nitrogens with one attached hydrogen (secondary N) is 2. The Labute approximate surface area is 164 Å². The van der Waals surface area contributed by atoms with E-state index in [2.05, 4.69) is 5.32 Å². The molecule has 2 amide bonds. The number of benzene rings is 1. The number of amides is 2. The maximum Gasteiger partial charge on any atom is 0.279 e. The lowest BCUT2D eigenvalue weighted by Crippen LogP contribution is -3.11. The van der Waals surface area contributed by atoms with Crippen LogP contribution in [0.2, 0.25) is 5.02 Å². The van der Waals surface area contributed by atoms with Gasteiger partial charge in [-0.15, -0.1) is 0 Å². The molecule has 1 unspecified atom stereocenters. The van der Waals surface area contributed by atoms with E-state index in [1.807, 2.05) is 0 Å². The molecule has 0 bridgehead atoms. The number of quaternary nitrogens is 1. The molecule has 1 aliphatic carbocycles. The molecule has 2 N–H and O–H groups in total. The lowest BCUT2D eigenvalue weighted by molar-refractivity contribution is -0.862. The van der Waals surface area contributed by atoms with E-state index in [0.717, 1.165) is 17.7 Å². The Morgan fingerprint density at radius 1 is 1.19 bits per heavy atom. The number of hydrogen-bond acceptors (Lipinski definition) is 4. The smallest absolute Gasteiger partial charge is 0.279 e. The monoisotopic (exact) mass is 414 g/mol. The molecule has 0 aromatic heterocycles. The third-order valence-electron chi connectivity index (χ3n) is 4.89. The lowest BCUT2D eigenvalue weighted by atomic mass is 10.2. The molecule has 1 heterocycles. The highest BCUT2D eigenvalue weighted by atomic mass is 35.5. The van der Waals surface area contributed by atoms with Gasteiger partial charge in [-0.2, -0.15) is 0 Å². The van der Waals surface area contributed by atoms with Crippen LogP contribution in [-0.4, -0.2) is 68.9 Å². The van der Waals surface area contributed by atoms with Crippen molar-refractivity contribution in [1.29, 1.82) is 0 Å². The second-order valence-electron chi connectivity index (χ2n) is 7.43. The Morgan fingerprint density at radius 2 is 1.89 bits per heavy atom. The Hall–Kier alpha value is -1.64. The Bertz CT molecular complexity index is 826. The molecule has 1 aromatic rings. The molecule has 0 spiro atoms. The van der Waals surface area contributed by atoms with Crippen LogP contribution in [0.3, 0.4) is 0 Å². The van der Waals surface area contributed by atoms with Gasteiger partial charge in [0.1, 0.15) is 0 Å². The van der Waals surface area contributed by atoms with Crippen molar-refractivity contribution in [3.05, 3.63) is 29.3 Å². The average Bonchev–Trinajstić information content (AvgIpc) is 3.33. The SMILES string of the molecule is C[NH+](CC(=O)Nc1ccccc1Cl)CC(=O)N(C1CC1)[C@@H]1CCS(=O)(=O)C1. The molecule has 9 heteroatoms. The molecule has 7 nitrogen and oxygen atoms in total. The summed E-state index contributed by atoms with van der Waals surface area (Å²) in [5, 5.41) is 3.21. The fourth-order valence-corrected chi connectivity index (χ4v) is 5.39. The van der Waals surface area contributed by atoms with Crippen LogP contribution >= 0.6 is 11.6 Å². The standard InChI is InChI=1S/C18H24ClN3O4S/c1-21(10-17(23)20-16-5-3-2-4-15(16)19)11-18(24)22(13-6-7-13)14-8-9-27(25,26)12-14/h2-5,13-14H,6-12H2,1H3,(H,20,23)/p+1/t14-/m1/s1. The summed E-state index contributed by atoms with van der Waals surface area (Å²) in [4.78, 5) is 27.5. The van der Waals surface area contributed by atoms with Crippen LogP contribution in [-0.2, 0) is 19.4 Å². The summed E-state index contributed by atoms with van der Waals surface area (Å²) in [6.45, 7) is 0.279. The first-order chi connectivity index (χ1) is 12.7. The Kier molecular flexibility index (Phi) is 6.08. The minimum atomic E-state index is -3.04. The molecule has 2 aliphatic rings. The van der Waals surface area contributed by atoms with E-state index in [0.29, 0.717) is 17.1 Å². The predicted octanol–water partition coefficient (Wildman–Crippen LogP) is -0.0287. The fourth-order valence-electron chi connectivity index (χ4n) is 3.50. The van der Waals surface area contributed by atoms with E-state index in [9.17, 15) is 18.0 Å². The molecule has 3 rings (SSSR count). The number of likely N-dealkylation sites (N-methyl/N-ethyl adjacent to an activating group) is 1. The normalized spacial score (nSPS) is 22.2. The molecule has 0 radical (unpaired) electrons. The first-order valence-electron chi connectivity index (χ1n) is 9.12. The lowest BCUT2D eigenvalue weighted by Gasteiger charge is -2.29. The maximum absolute atomic E-state index is 12.8. The van der Waals surface area contributed by atoms with Gasteiger partial charge < -0.3 is 15.1 Å². The van der Waals surface area contributed by atoms with Crippen LogP contribution in [0.4, 0.5) is 5.69 Å². The van der Waals surface area contributed by atoms with Gasteiger partial charge in [-0.1, -0.05) is 23.7 Å². The third kappa shape index (κ3) is 5.43. The van der Waals surface area contributed by atoms with Crippen molar-refractivity contribution in [2.75, 3.05) is 37.0 Å². The molecule has 1 saturated heterocycles. The summed E-state index contributed by atoms with van der Waals surface area (Å²) in [7, 11) is -1.26. The van der Waals surface area contributed by atoms with Crippen molar-refractivity contribution in [2.45, 2.75) is 31.3 Å². The van der Waals surface area contributed by atoms with Gasteiger partial charge in [-0.3, -0.25) is 9.59 Å². The number of halogens is 1. The van der Waals surface area contributed by atoms with E-state index in [4.69, 9.17) is 11.6 Å². The second kappa shape index (κ2) is 8.16. The number of para-hydroxylation sites is 1. The number of hydrogen-bond donors (Lipinski definition) is 2. The summed E-state index contributed by atoms with van der Waals surface area (Å²) in [6, 6.07) is 6.91. The summed E-state index contributed by atoms with van der Waals surface area (Å²) in [6.07, 6.45) is 2.36. The van der Waals surface area contributed by atoms with Crippen molar-refractivity contribution in [1.82, 2.24) is 4.90 Å². The van der Waals surface area contributed by atoms with Crippen LogP contribution < -0.4 is 10.2 Å². The molecular formula is C18H25ClN3O4S+. The van der Waals surface area contributed by atoms with Gasteiger partial charge in [0.05, 0.1) is 29.3 Å². The van der Waals surface area contributed by atoms with Gasteiger partial charge >= 0.3 is 0 Å². The van der Waals surface area contributed by atoms with Gasteiger partial charge in [0.15, 0.2) is 22.9 Å². The van der Waals surface area contributed by atoms with Crippen LogP contribution in [0.15, 0.2) is 24.3 Å². The van der Waals surface area contributed by atoms with Crippen molar-refractivity contribution in [2.24, 2.45) is 0 Å². The Balaban J connectivity index is 1.54. The molecule has 1 aliphatic heterocycles. The quantitative estimate of drug-likeness (QED) is 0.656. The van der Waals surface area contributed by atoms with E-state index >= 15 is 0 Å². The van der Waals surface area contributed by atoms with Crippen LogP contribution in [0.25, 0.3) is 0 Å². The van der Waals surface area contributed by atoms with Gasteiger partial charge in [0.25, 0.3) is 11.8 Å². The number of anilines is 1. The highest BCUT2D eigenvalue weighted by Gasteiger charge is 2.42. The zero-order valence-corrected chi connectivity index (χ0v) is 16.9. The van der Waals surface area contributed by atoms with Crippen LogP contribution in [0.5, 0.6) is 0 Å². The van der Waals surface area contributed by atoms with E-state index in [1.165, 1.54) is 0 Å². The zero-order chi connectivity index (χ0) is 19.6. The molecular weight excluding hydrogens is 390 g/mol. The van der Waals surface area contributed by atoms with Crippen molar-refractivity contribution in [3.8, 4) is 0 Å². The number of carbonyl (C=O) groups is 2. The molecule has 2 fully saturated rings. The molecule has 148 valence electrons. The minimum absolute atomic E-state index is 0.0568. The summed E-state index contributed by atoms with van der Waals surface area (Å²) in [5.74, 6) is -0.101. The topological polar surface area (TPSA) is 88.0 Å². The first-order valence-corrected chi connectivity index (χ1v) is 11.3. The van der Waals surface area contributed by atoms with Crippen molar-refractivity contribution < 1.29 is 22.9 Å². The van der Waals surface area contributed by atoms with E-state index in [-0.39, 0.29) is 48.5 Å². The highest BCUT2D eigenvalue weighted by molar-refractivity contribution is 7.91. The highest BCUT2D eigenvalue weighted by Crippen LogP contribution is 2.32. The number of rotatable bonds is 7. The maximum atomic E-state index is 12.8. The molecule has 1 aromatic carbocycles.